The molecule has 112 valence electrons. The highest BCUT2D eigenvalue weighted by Gasteiger charge is 2.34. The van der Waals surface area contributed by atoms with Crippen molar-refractivity contribution in [2.45, 2.75) is 65.1 Å². The zero-order valence-corrected chi connectivity index (χ0v) is 13.3. The Morgan fingerprint density at radius 3 is 2.65 bits per heavy atom. The van der Waals surface area contributed by atoms with Crippen LogP contribution < -0.4 is 10.2 Å². The minimum atomic E-state index is -0.267. The highest BCUT2D eigenvalue weighted by molar-refractivity contribution is 5.50. The van der Waals surface area contributed by atoms with E-state index in [2.05, 4.69) is 49.8 Å². The number of halogens is 1. The smallest absolute Gasteiger partial charge is 0.141 e. The van der Waals surface area contributed by atoms with E-state index in [1.807, 2.05) is 0 Å². The largest absolute Gasteiger partial charge is 0.351 e. The summed E-state index contributed by atoms with van der Waals surface area (Å²) in [4.78, 5) is 6.68. The van der Waals surface area contributed by atoms with Crippen LogP contribution in [0.15, 0.2) is 12.3 Å². The second-order valence-corrected chi connectivity index (χ2v) is 7.31. The van der Waals surface area contributed by atoms with Crippen molar-refractivity contribution in [1.82, 2.24) is 10.3 Å². The van der Waals surface area contributed by atoms with Crippen molar-refractivity contribution >= 4 is 5.82 Å². The molecule has 2 rings (SSSR count). The number of hydrogen-bond donors (Lipinski definition) is 1. The van der Waals surface area contributed by atoms with Gasteiger partial charge in [0.25, 0.3) is 0 Å². The van der Waals surface area contributed by atoms with Gasteiger partial charge in [-0.25, -0.2) is 9.37 Å². The molecule has 0 unspecified atom stereocenters. The number of hydrogen-bond acceptors (Lipinski definition) is 3. The molecule has 0 amide bonds. The van der Waals surface area contributed by atoms with Crippen LogP contribution in [-0.4, -0.2) is 22.6 Å². The molecule has 0 saturated carbocycles. The van der Waals surface area contributed by atoms with Crippen LogP contribution in [0.5, 0.6) is 0 Å². The summed E-state index contributed by atoms with van der Waals surface area (Å²) in [5.74, 6) is 0.655. The van der Waals surface area contributed by atoms with Crippen LogP contribution in [-0.2, 0) is 6.54 Å². The summed E-state index contributed by atoms with van der Waals surface area (Å²) >= 11 is 0. The third-order valence-electron chi connectivity index (χ3n) is 3.88. The van der Waals surface area contributed by atoms with E-state index in [1.54, 1.807) is 6.07 Å². The first kappa shape index (κ1) is 15.2. The quantitative estimate of drug-likeness (QED) is 0.918. The van der Waals surface area contributed by atoms with E-state index in [4.69, 9.17) is 0 Å². The molecule has 1 saturated heterocycles. The third-order valence-corrected chi connectivity index (χ3v) is 3.88. The average Bonchev–Trinajstić information content (AvgIpc) is 2.66. The summed E-state index contributed by atoms with van der Waals surface area (Å²) in [7, 11) is 0. The first-order valence-corrected chi connectivity index (χ1v) is 7.36. The van der Waals surface area contributed by atoms with E-state index in [-0.39, 0.29) is 16.9 Å². The Labute approximate surface area is 121 Å². The molecule has 1 fully saturated rings. The van der Waals surface area contributed by atoms with Gasteiger partial charge in [0, 0.05) is 29.7 Å². The molecule has 1 N–H and O–H groups in total. The fourth-order valence-electron chi connectivity index (χ4n) is 2.71. The maximum atomic E-state index is 13.5. The average molecular weight is 279 g/mol. The van der Waals surface area contributed by atoms with Gasteiger partial charge in [0.05, 0.1) is 6.20 Å². The molecule has 2 heterocycles. The van der Waals surface area contributed by atoms with E-state index < -0.39 is 0 Å². The number of nitrogens with one attached hydrogen (secondary N) is 1. The highest BCUT2D eigenvalue weighted by atomic mass is 19.1. The lowest BCUT2D eigenvalue weighted by Gasteiger charge is -2.34. The number of pyridine rings is 1. The van der Waals surface area contributed by atoms with Gasteiger partial charge in [-0.2, -0.15) is 0 Å². The summed E-state index contributed by atoms with van der Waals surface area (Å²) in [6.07, 6.45) is 3.64. The molecule has 0 aromatic carbocycles. The molecule has 1 aliphatic rings. The Morgan fingerprint density at radius 1 is 1.40 bits per heavy atom. The van der Waals surface area contributed by atoms with E-state index in [9.17, 15) is 4.39 Å². The van der Waals surface area contributed by atoms with Crippen LogP contribution in [0.25, 0.3) is 0 Å². The first-order valence-electron chi connectivity index (χ1n) is 7.36. The highest BCUT2D eigenvalue weighted by Crippen LogP contribution is 2.34. The van der Waals surface area contributed by atoms with Crippen molar-refractivity contribution < 1.29 is 4.39 Å². The van der Waals surface area contributed by atoms with E-state index in [1.165, 1.54) is 6.20 Å². The maximum absolute atomic E-state index is 13.5. The summed E-state index contributed by atoms with van der Waals surface area (Å²) < 4.78 is 13.5. The second-order valence-electron chi connectivity index (χ2n) is 7.31. The van der Waals surface area contributed by atoms with E-state index >= 15 is 0 Å². The molecule has 1 aromatic rings. The predicted octanol–water partition coefficient (Wildman–Crippen LogP) is 3.49. The molecule has 20 heavy (non-hydrogen) atoms. The van der Waals surface area contributed by atoms with Crippen molar-refractivity contribution in [2.24, 2.45) is 0 Å². The molecular formula is C16H26FN3. The van der Waals surface area contributed by atoms with Crippen LogP contribution in [0.3, 0.4) is 0 Å². The minimum absolute atomic E-state index is 0.00408. The number of nitrogens with zero attached hydrogens (tertiary/aromatic N) is 2. The van der Waals surface area contributed by atoms with Gasteiger partial charge in [0.1, 0.15) is 11.6 Å². The normalized spacial score (nSPS) is 18.6. The van der Waals surface area contributed by atoms with Crippen molar-refractivity contribution in [2.75, 3.05) is 11.4 Å². The van der Waals surface area contributed by atoms with Gasteiger partial charge in [-0.15, -0.1) is 0 Å². The standard InChI is InChI=1S/C16H26FN3/c1-15(2,3)19-10-12-9-13(17)11-18-14(12)20-8-6-7-16(20,4)5/h9,11,19H,6-8,10H2,1-5H3. The van der Waals surface area contributed by atoms with Crippen LogP contribution in [0.2, 0.25) is 0 Å². The Hall–Kier alpha value is -1.16. The number of anilines is 1. The molecule has 4 heteroatoms. The third kappa shape index (κ3) is 3.48. The lowest BCUT2D eigenvalue weighted by atomic mass is 10.0. The molecule has 0 atom stereocenters. The lowest BCUT2D eigenvalue weighted by Crippen LogP contribution is -2.40. The van der Waals surface area contributed by atoms with Crippen LogP contribution in [0, 0.1) is 5.82 Å². The SMILES string of the molecule is CC(C)(C)NCc1cc(F)cnc1N1CCCC1(C)C. The van der Waals surface area contributed by atoms with Gasteiger partial charge in [0.15, 0.2) is 0 Å². The van der Waals surface area contributed by atoms with Gasteiger partial charge < -0.3 is 10.2 Å². The fourth-order valence-corrected chi connectivity index (χ4v) is 2.71. The van der Waals surface area contributed by atoms with E-state index in [0.717, 1.165) is 30.8 Å². The molecule has 0 spiro atoms. The second kappa shape index (κ2) is 5.32. The predicted molar refractivity (Wildman–Crippen MR) is 81.4 cm³/mol. The molecule has 1 aliphatic heterocycles. The summed E-state index contributed by atoms with van der Waals surface area (Å²) in [6.45, 7) is 12.4. The zero-order valence-electron chi connectivity index (χ0n) is 13.3. The Morgan fingerprint density at radius 2 is 2.10 bits per heavy atom. The van der Waals surface area contributed by atoms with Crippen molar-refractivity contribution in [3.8, 4) is 0 Å². The molecule has 0 aliphatic carbocycles. The number of rotatable bonds is 3. The van der Waals surface area contributed by atoms with Crippen molar-refractivity contribution in [3.05, 3.63) is 23.6 Å². The summed E-state index contributed by atoms with van der Waals surface area (Å²) in [5, 5.41) is 3.42. The Kier molecular flexibility index (Phi) is 4.05. The molecule has 3 nitrogen and oxygen atoms in total. The van der Waals surface area contributed by atoms with Gasteiger partial charge in [0.2, 0.25) is 0 Å². The van der Waals surface area contributed by atoms with Crippen molar-refractivity contribution in [1.29, 1.82) is 0 Å². The maximum Gasteiger partial charge on any atom is 0.141 e. The summed E-state index contributed by atoms with van der Waals surface area (Å²) in [5.41, 5.74) is 1.04. The Bertz CT molecular complexity index is 477. The molecule has 0 radical (unpaired) electrons. The van der Waals surface area contributed by atoms with Crippen LogP contribution >= 0.6 is 0 Å². The number of aromatic nitrogens is 1. The fraction of sp³-hybridized carbons (Fsp3) is 0.688. The Balaban J connectivity index is 2.28. The minimum Gasteiger partial charge on any atom is -0.351 e. The molecule has 0 bridgehead atoms. The van der Waals surface area contributed by atoms with Crippen LogP contribution in [0.4, 0.5) is 10.2 Å². The van der Waals surface area contributed by atoms with Crippen molar-refractivity contribution in [3.63, 3.8) is 0 Å². The van der Waals surface area contributed by atoms with Crippen LogP contribution in [0.1, 0.15) is 53.0 Å². The molecule has 1 aromatic heterocycles. The van der Waals surface area contributed by atoms with E-state index in [0.29, 0.717) is 6.54 Å². The zero-order chi connectivity index (χ0) is 15.0. The topological polar surface area (TPSA) is 28.2 Å². The lowest BCUT2D eigenvalue weighted by molar-refractivity contribution is 0.422. The van der Waals surface area contributed by atoms with Gasteiger partial charge >= 0.3 is 0 Å². The van der Waals surface area contributed by atoms with Gasteiger partial charge in [-0.1, -0.05) is 0 Å². The monoisotopic (exact) mass is 279 g/mol. The molecular weight excluding hydrogens is 253 g/mol. The van der Waals surface area contributed by atoms with Gasteiger partial charge in [-0.3, -0.25) is 0 Å². The first-order chi connectivity index (χ1) is 9.19. The van der Waals surface area contributed by atoms with Gasteiger partial charge in [-0.05, 0) is 53.5 Å². The summed E-state index contributed by atoms with van der Waals surface area (Å²) in [6, 6.07) is 1.61.